The quantitative estimate of drug-likeness (QED) is 0.260. The van der Waals surface area contributed by atoms with Crippen LogP contribution >= 0.6 is 15.9 Å². The summed E-state index contributed by atoms with van der Waals surface area (Å²) in [6.45, 7) is 8.55. The van der Waals surface area contributed by atoms with Crippen LogP contribution in [0.3, 0.4) is 0 Å². The lowest BCUT2D eigenvalue weighted by Gasteiger charge is -2.24. The molecule has 13 heteroatoms. The van der Waals surface area contributed by atoms with Gasteiger partial charge in [0.25, 0.3) is 11.4 Å². The van der Waals surface area contributed by atoms with Gasteiger partial charge >= 0.3 is 12.2 Å². The van der Waals surface area contributed by atoms with Gasteiger partial charge in [0, 0.05) is 34.8 Å². The molecule has 208 valence electrons. The van der Waals surface area contributed by atoms with Crippen molar-refractivity contribution in [2.45, 2.75) is 51.6 Å². The summed E-state index contributed by atoms with van der Waals surface area (Å²) in [5.74, 6) is -0.397. The Bertz CT molecular complexity index is 1620. The van der Waals surface area contributed by atoms with Crippen molar-refractivity contribution in [1.82, 2.24) is 24.7 Å². The standard InChI is InChI=1S/C27H27BrN6O6/c1-15(2)33-14-18(9-10-20(33)35)19-13-29-22(34(25(36)37)26(38)40-27(3,4)5)21(30-19)24-32-31-23(39-24)17-8-6-7-16(11-17)12-28/h6-11,13-15H,12H2,1-5H3,(H,36,37). The van der Waals surface area contributed by atoms with Crippen LogP contribution in [0.2, 0.25) is 0 Å². The van der Waals surface area contributed by atoms with Crippen molar-refractivity contribution in [3.05, 3.63) is 64.7 Å². The molecule has 1 N–H and O–H groups in total. The molecule has 0 aliphatic heterocycles. The van der Waals surface area contributed by atoms with Gasteiger partial charge in [0.15, 0.2) is 11.5 Å². The van der Waals surface area contributed by atoms with E-state index in [-0.39, 0.29) is 40.6 Å². The van der Waals surface area contributed by atoms with E-state index in [1.165, 1.54) is 16.8 Å². The first-order chi connectivity index (χ1) is 18.9. The van der Waals surface area contributed by atoms with Gasteiger partial charge in [-0.1, -0.05) is 28.1 Å². The van der Waals surface area contributed by atoms with Crippen LogP contribution in [0.1, 0.15) is 46.2 Å². The van der Waals surface area contributed by atoms with E-state index in [1.807, 2.05) is 32.0 Å². The summed E-state index contributed by atoms with van der Waals surface area (Å²) in [5, 5.41) is 18.8. The molecule has 0 radical (unpaired) electrons. The van der Waals surface area contributed by atoms with Gasteiger partial charge in [-0.05, 0) is 58.4 Å². The summed E-state index contributed by atoms with van der Waals surface area (Å²) in [7, 11) is 0. The van der Waals surface area contributed by atoms with E-state index in [1.54, 1.807) is 39.1 Å². The second kappa shape index (κ2) is 11.4. The number of rotatable bonds is 6. The van der Waals surface area contributed by atoms with E-state index in [0.717, 1.165) is 5.56 Å². The number of benzene rings is 1. The average Bonchev–Trinajstić information content (AvgIpc) is 3.38. The number of amides is 2. The van der Waals surface area contributed by atoms with Crippen molar-refractivity contribution in [2.24, 2.45) is 0 Å². The van der Waals surface area contributed by atoms with E-state index >= 15 is 0 Å². The predicted molar refractivity (Wildman–Crippen MR) is 150 cm³/mol. The van der Waals surface area contributed by atoms with E-state index < -0.39 is 17.8 Å². The van der Waals surface area contributed by atoms with Gasteiger partial charge in [-0.3, -0.25) is 4.79 Å². The maximum Gasteiger partial charge on any atom is 0.425 e. The highest BCUT2D eigenvalue weighted by molar-refractivity contribution is 9.08. The van der Waals surface area contributed by atoms with E-state index in [4.69, 9.17) is 9.15 Å². The molecule has 0 spiro atoms. The zero-order chi connectivity index (χ0) is 29.2. The Hall–Kier alpha value is -4.39. The molecule has 12 nitrogen and oxygen atoms in total. The number of anilines is 1. The van der Waals surface area contributed by atoms with Crippen LogP contribution in [-0.4, -0.2) is 47.6 Å². The van der Waals surface area contributed by atoms with Gasteiger partial charge in [0.05, 0.1) is 11.9 Å². The number of hydrogen-bond acceptors (Lipinski definition) is 9. The maximum atomic E-state index is 12.9. The van der Waals surface area contributed by atoms with Crippen molar-refractivity contribution in [3.63, 3.8) is 0 Å². The second-order valence-electron chi connectivity index (χ2n) is 10.0. The SMILES string of the molecule is CC(C)n1cc(-c2cnc(N(C(=O)O)C(=O)OC(C)(C)C)c(-c3nnc(-c4cccc(CBr)c4)o3)n2)ccc1=O. The van der Waals surface area contributed by atoms with Gasteiger partial charge in [0.1, 0.15) is 5.60 Å². The topological polar surface area (TPSA) is 154 Å². The number of hydrogen-bond donors (Lipinski definition) is 1. The first kappa shape index (κ1) is 28.6. The predicted octanol–water partition coefficient (Wildman–Crippen LogP) is 5.92. The van der Waals surface area contributed by atoms with E-state index in [9.17, 15) is 19.5 Å². The van der Waals surface area contributed by atoms with Crippen LogP contribution in [0.4, 0.5) is 15.4 Å². The zero-order valence-electron chi connectivity index (χ0n) is 22.5. The number of pyridine rings is 1. The van der Waals surface area contributed by atoms with Gasteiger partial charge in [-0.25, -0.2) is 19.6 Å². The van der Waals surface area contributed by atoms with Gasteiger partial charge in [0.2, 0.25) is 5.89 Å². The number of aromatic nitrogens is 5. The van der Waals surface area contributed by atoms with Crippen LogP contribution in [0.5, 0.6) is 0 Å². The third-order valence-electron chi connectivity index (χ3n) is 5.48. The Balaban J connectivity index is 1.90. The average molecular weight is 611 g/mol. The molecule has 4 aromatic rings. The minimum absolute atomic E-state index is 0.123. The Morgan fingerprint density at radius 2 is 1.85 bits per heavy atom. The van der Waals surface area contributed by atoms with Crippen molar-refractivity contribution < 1.29 is 23.8 Å². The Morgan fingerprint density at radius 1 is 1.12 bits per heavy atom. The number of halogens is 1. The lowest BCUT2D eigenvalue weighted by Crippen LogP contribution is -2.41. The number of alkyl halides is 1. The molecule has 0 atom stereocenters. The van der Waals surface area contributed by atoms with Crippen LogP contribution < -0.4 is 10.5 Å². The van der Waals surface area contributed by atoms with Crippen molar-refractivity contribution in [2.75, 3.05) is 4.90 Å². The number of ether oxygens (including phenoxy) is 1. The molecule has 3 aromatic heterocycles. The molecule has 0 saturated heterocycles. The highest BCUT2D eigenvalue weighted by atomic mass is 79.9. The number of nitrogens with zero attached hydrogens (tertiary/aromatic N) is 6. The van der Waals surface area contributed by atoms with Gasteiger partial charge in [-0.15, -0.1) is 10.2 Å². The normalized spacial score (nSPS) is 11.5. The highest BCUT2D eigenvalue weighted by Crippen LogP contribution is 2.32. The van der Waals surface area contributed by atoms with E-state index in [0.29, 0.717) is 21.4 Å². The Labute approximate surface area is 237 Å². The summed E-state index contributed by atoms with van der Waals surface area (Å²) in [5.41, 5.74) is 1.07. The second-order valence-corrected chi connectivity index (χ2v) is 10.6. The van der Waals surface area contributed by atoms with Crippen LogP contribution in [0.15, 0.2) is 58.0 Å². The minimum atomic E-state index is -1.64. The number of carboxylic acid groups (broad SMARTS) is 1. The zero-order valence-corrected chi connectivity index (χ0v) is 24.0. The van der Waals surface area contributed by atoms with Crippen molar-refractivity contribution in [3.8, 4) is 34.3 Å². The molecule has 0 unspecified atom stereocenters. The molecular weight excluding hydrogens is 584 g/mol. The molecule has 0 saturated carbocycles. The summed E-state index contributed by atoms with van der Waals surface area (Å²) in [6.07, 6.45) is 0.0892. The fourth-order valence-corrected chi connectivity index (χ4v) is 4.02. The summed E-state index contributed by atoms with van der Waals surface area (Å²) in [6, 6.07) is 10.2. The molecule has 0 aliphatic carbocycles. The lowest BCUT2D eigenvalue weighted by atomic mass is 10.1. The molecular formula is C27H27BrN6O6. The third kappa shape index (κ3) is 6.25. The minimum Gasteiger partial charge on any atom is -0.464 e. The third-order valence-corrected chi connectivity index (χ3v) is 6.13. The molecule has 4 rings (SSSR count). The van der Waals surface area contributed by atoms with Crippen LogP contribution in [-0.2, 0) is 10.1 Å². The van der Waals surface area contributed by atoms with Gasteiger partial charge < -0.3 is 18.8 Å². The van der Waals surface area contributed by atoms with Crippen LogP contribution in [0.25, 0.3) is 34.3 Å². The monoisotopic (exact) mass is 610 g/mol. The summed E-state index contributed by atoms with van der Waals surface area (Å²) in [4.78, 5) is 46.7. The molecule has 1 aromatic carbocycles. The summed E-state index contributed by atoms with van der Waals surface area (Å²) >= 11 is 3.42. The smallest absolute Gasteiger partial charge is 0.425 e. The van der Waals surface area contributed by atoms with Crippen LogP contribution in [0, 0.1) is 0 Å². The molecule has 0 fully saturated rings. The first-order valence-corrected chi connectivity index (χ1v) is 13.3. The molecule has 2 amide bonds. The summed E-state index contributed by atoms with van der Waals surface area (Å²) < 4.78 is 12.7. The molecule has 0 bridgehead atoms. The largest absolute Gasteiger partial charge is 0.464 e. The maximum absolute atomic E-state index is 12.9. The van der Waals surface area contributed by atoms with Gasteiger partial charge in [-0.2, -0.15) is 4.90 Å². The number of imide groups is 1. The fourth-order valence-electron chi connectivity index (χ4n) is 3.67. The van der Waals surface area contributed by atoms with Crippen molar-refractivity contribution in [1.29, 1.82) is 0 Å². The molecule has 0 aliphatic rings. The fraction of sp³-hybridized carbons (Fsp3) is 0.296. The molecule has 40 heavy (non-hydrogen) atoms. The van der Waals surface area contributed by atoms with Crippen molar-refractivity contribution >= 4 is 33.9 Å². The first-order valence-electron chi connectivity index (χ1n) is 12.2. The van der Waals surface area contributed by atoms with E-state index in [2.05, 4.69) is 36.1 Å². The Kier molecular flexibility index (Phi) is 8.14. The highest BCUT2D eigenvalue weighted by Gasteiger charge is 2.34. The number of carbonyl (C=O) groups excluding carboxylic acids is 1. The number of carbonyl (C=O) groups is 2. The lowest BCUT2D eigenvalue weighted by molar-refractivity contribution is 0.0581. The Morgan fingerprint density at radius 3 is 2.50 bits per heavy atom. The molecule has 3 heterocycles.